The van der Waals surface area contributed by atoms with Crippen LogP contribution in [0.1, 0.15) is 43.5 Å². The number of nitrogens with zero attached hydrogens (tertiary/aromatic N) is 8. The van der Waals surface area contributed by atoms with Crippen LogP contribution in [-0.4, -0.2) is 53.1 Å². The molecule has 0 unspecified atom stereocenters. The zero-order chi connectivity index (χ0) is 31.6. The number of hydrazone groups is 2. The number of carbonyl (C=O) groups is 2. The van der Waals surface area contributed by atoms with Crippen molar-refractivity contribution in [2.45, 2.75) is 0 Å². The Morgan fingerprint density at radius 3 is 1.04 bits per heavy atom. The summed E-state index contributed by atoms with van der Waals surface area (Å²) in [5.74, 6) is -1.15. The molecule has 0 atom stereocenters. The number of carbonyl (C=O) groups excluding carboxylic acids is 2. The molecular weight excluding hydrogens is 580 g/mol. The molecular formula is C34H24N10O2. The fourth-order valence-corrected chi connectivity index (χ4v) is 4.39. The number of aromatic nitrogens is 6. The Balaban J connectivity index is 1.31. The minimum absolute atomic E-state index is 0.145. The van der Waals surface area contributed by atoms with E-state index in [0.717, 1.165) is 0 Å². The van der Waals surface area contributed by atoms with E-state index in [1.807, 2.05) is 24.3 Å². The minimum Gasteiger partial charge on any atom is -0.267 e. The van der Waals surface area contributed by atoms with Crippen molar-refractivity contribution in [3.8, 4) is 11.4 Å². The molecule has 6 heterocycles. The van der Waals surface area contributed by atoms with Crippen molar-refractivity contribution < 1.29 is 9.59 Å². The first-order valence-electron chi connectivity index (χ1n) is 14.0. The van der Waals surface area contributed by atoms with Crippen molar-refractivity contribution in [3.05, 3.63) is 168 Å². The number of pyridine rings is 6. The van der Waals surface area contributed by atoms with Gasteiger partial charge in [-0.2, -0.15) is 10.2 Å². The lowest BCUT2D eigenvalue weighted by Crippen LogP contribution is -2.24. The second-order valence-corrected chi connectivity index (χ2v) is 9.46. The Bertz CT molecular complexity index is 1790. The summed E-state index contributed by atoms with van der Waals surface area (Å²) >= 11 is 0. The first-order chi connectivity index (χ1) is 22.7. The highest BCUT2D eigenvalue weighted by molar-refractivity contribution is 6.12. The summed E-state index contributed by atoms with van der Waals surface area (Å²) in [4.78, 5) is 53.4. The van der Waals surface area contributed by atoms with Crippen molar-refractivity contribution in [1.29, 1.82) is 0 Å². The fourth-order valence-electron chi connectivity index (χ4n) is 4.39. The lowest BCUT2D eigenvalue weighted by molar-refractivity contribution is 0.0945. The maximum Gasteiger partial charge on any atom is 0.273 e. The Labute approximate surface area is 263 Å². The minimum atomic E-state index is -0.574. The molecule has 0 aliphatic rings. The third-order valence-corrected chi connectivity index (χ3v) is 6.50. The molecule has 0 aliphatic heterocycles. The van der Waals surface area contributed by atoms with Gasteiger partial charge in [0.15, 0.2) is 0 Å². The number of nitrogens with one attached hydrogen (secondary N) is 2. The van der Waals surface area contributed by atoms with Crippen LogP contribution in [0.4, 0.5) is 0 Å². The summed E-state index contributed by atoms with van der Waals surface area (Å²) < 4.78 is 0. The summed E-state index contributed by atoms with van der Waals surface area (Å²) in [6.45, 7) is 0. The van der Waals surface area contributed by atoms with Crippen LogP contribution in [0, 0.1) is 0 Å². The average molecular weight is 605 g/mol. The normalized spacial score (nSPS) is 10.3. The first kappa shape index (κ1) is 29.3. The molecule has 12 heteroatoms. The van der Waals surface area contributed by atoms with E-state index >= 15 is 0 Å². The molecule has 0 radical (unpaired) electrons. The highest BCUT2D eigenvalue weighted by Crippen LogP contribution is 2.23. The van der Waals surface area contributed by atoms with E-state index in [1.54, 1.807) is 97.6 Å². The lowest BCUT2D eigenvalue weighted by Gasteiger charge is -2.11. The topological polar surface area (TPSA) is 160 Å². The number of rotatable bonds is 9. The maximum absolute atomic E-state index is 13.6. The molecule has 0 bridgehead atoms. The zero-order valence-corrected chi connectivity index (χ0v) is 24.1. The highest BCUT2D eigenvalue weighted by atomic mass is 16.2. The quantitative estimate of drug-likeness (QED) is 0.184. The molecule has 2 N–H and O–H groups in total. The number of amides is 2. The molecule has 0 saturated carbocycles. The molecule has 2 amide bonds. The molecule has 0 spiro atoms. The standard InChI is InChI=1S/C34H24N10O2/c45-33(43-41-31(25-13-1-5-17-35-25)26-14-2-6-18-36-26)23-11-9-21-39-29(23)30-24(12-10-22-40-30)34(46)44-42-32(27-15-3-7-19-37-27)28-16-4-8-20-38-28/h1-22H,(H,43,45)(H,44,46). The second kappa shape index (κ2) is 14.1. The Morgan fingerprint density at radius 2 is 0.739 bits per heavy atom. The van der Waals surface area contributed by atoms with Crippen LogP contribution < -0.4 is 10.9 Å². The molecule has 0 fully saturated rings. The summed E-state index contributed by atoms with van der Waals surface area (Å²) in [5, 5.41) is 8.75. The van der Waals surface area contributed by atoms with E-state index in [0.29, 0.717) is 34.2 Å². The number of hydrogen-bond acceptors (Lipinski definition) is 10. The molecule has 0 aliphatic carbocycles. The van der Waals surface area contributed by atoms with Gasteiger partial charge in [0.2, 0.25) is 0 Å². The van der Waals surface area contributed by atoms with Gasteiger partial charge in [-0.15, -0.1) is 0 Å². The van der Waals surface area contributed by atoms with Crippen LogP contribution in [0.2, 0.25) is 0 Å². The van der Waals surface area contributed by atoms with Gasteiger partial charge in [0.25, 0.3) is 11.8 Å². The molecule has 6 rings (SSSR count). The Morgan fingerprint density at radius 1 is 0.413 bits per heavy atom. The van der Waals surface area contributed by atoms with Crippen LogP contribution in [0.15, 0.2) is 144 Å². The third-order valence-electron chi connectivity index (χ3n) is 6.50. The van der Waals surface area contributed by atoms with Gasteiger partial charge in [-0.25, -0.2) is 10.9 Å². The molecule has 46 heavy (non-hydrogen) atoms. The number of hydrogen-bond donors (Lipinski definition) is 2. The van der Waals surface area contributed by atoms with Gasteiger partial charge in [-0.1, -0.05) is 24.3 Å². The monoisotopic (exact) mass is 604 g/mol. The lowest BCUT2D eigenvalue weighted by atomic mass is 10.0. The SMILES string of the molecule is O=C(NN=C(c1ccccn1)c1ccccn1)c1cccnc1-c1ncccc1C(=O)NN=C(c1ccccn1)c1ccccn1. The maximum atomic E-state index is 13.6. The summed E-state index contributed by atoms with van der Waals surface area (Å²) in [6.07, 6.45) is 9.53. The predicted octanol–water partition coefficient (Wildman–Crippen LogP) is 4.09. The molecule has 222 valence electrons. The van der Waals surface area contributed by atoms with Crippen LogP contribution >= 0.6 is 0 Å². The van der Waals surface area contributed by atoms with E-state index in [2.05, 4.69) is 51.0 Å². The van der Waals surface area contributed by atoms with Gasteiger partial charge < -0.3 is 0 Å². The predicted molar refractivity (Wildman–Crippen MR) is 171 cm³/mol. The van der Waals surface area contributed by atoms with Gasteiger partial charge in [-0.3, -0.25) is 39.5 Å². The van der Waals surface area contributed by atoms with Gasteiger partial charge >= 0.3 is 0 Å². The van der Waals surface area contributed by atoms with E-state index < -0.39 is 11.8 Å². The summed E-state index contributed by atoms with van der Waals surface area (Å²) in [6, 6.07) is 27.8. The Hall–Kier alpha value is -6.82. The van der Waals surface area contributed by atoms with E-state index in [1.165, 1.54) is 12.4 Å². The smallest absolute Gasteiger partial charge is 0.267 e. The van der Waals surface area contributed by atoms with Gasteiger partial charge in [0, 0.05) is 37.2 Å². The van der Waals surface area contributed by atoms with Crippen LogP contribution in [-0.2, 0) is 0 Å². The molecule has 0 aromatic carbocycles. The van der Waals surface area contributed by atoms with Gasteiger partial charge in [0.05, 0.1) is 33.9 Å². The van der Waals surface area contributed by atoms with Crippen LogP contribution in [0.5, 0.6) is 0 Å². The third kappa shape index (κ3) is 6.71. The average Bonchev–Trinajstić information content (AvgIpc) is 3.13. The van der Waals surface area contributed by atoms with Crippen molar-refractivity contribution in [1.82, 2.24) is 40.8 Å². The van der Waals surface area contributed by atoms with E-state index in [9.17, 15) is 9.59 Å². The van der Waals surface area contributed by atoms with Crippen molar-refractivity contribution in [2.75, 3.05) is 0 Å². The van der Waals surface area contributed by atoms with Crippen molar-refractivity contribution in [3.63, 3.8) is 0 Å². The highest BCUT2D eigenvalue weighted by Gasteiger charge is 2.22. The largest absolute Gasteiger partial charge is 0.273 e. The second-order valence-electron chi connectivity index (χ2n) is 9.46. The van der Waals surface area contributed by atoms with Crippen molar-refractivity contribution >= 4 is 23.2 Å². The fraction of sp³-hybridized carbons (Fsp3) is 0. The zero-order valence-electron chi connectivity index (χ0n) is 24.1. The van der Waals surface area contributed by atoms with E-state index in [-0.39, 0.29) is 22.5 Å². The van der Waals surface area contributed by atoms with Gasteiger partial charge in [-0.05, 0) is 72.8 Å². The molecule has 12 nitrogen and oxygen atoms in total. The molecule has 0 saturated heterocycles. The molecule has 6 aromatic heterocycles. The first-order valence-corrected chi connectivity index (χ1v) is 14.0. The van der Waals surface area contributed by atoms with Crippen molar-refractivity contribution in [2.24, 2.45) is 10.2 Å². The molecule has 6 aromatic rings. The van der Waals surface area contributed by atoms with Crippen LogP contribution in [0.3, 0.4) is 0 Å². The van der Waals surface area contributed by atoms with Crippen LogP contribution in [0.25, 0.3) is 11.4 Å². The van der Waals surface area contributed by atoms with Gasteiger partial charge in [0.1, 0.15) is 22.8 Å². The van der Waals surface area contributed by atoms with E-state index in [4.69, 9.17) is 0 Å². The summed E-state index contributed by atoms with van der Waals surface area (Å²) in [5.41, 5.74) is 8.66. The Kier molecular flexibility index (Phi) is 8.97. The summed E-state index contributed by atoms with van der Waals surface area (Å²) in [7, 11) is 0.